The van der Waals surface area contributed by atoms with Crippen molar-refractivity contribution in [2.24, 2.45) is 0 Å². The summed E-state index contributed by atoms with van der Waals surface area (Å²) in [6.45, 7) is 4.55. The maximum atomic E-state index is 12.4. The number of anilines is 1. The first kappa shape index (κ1) is 20.5. The fourth-order valence-corrected chi connectivity index (χ4v) is 3.31. The van der Waals surface area contributed by atoms with Gasteiger partial charge in [-0.3, -0.25) is 14.4 Å². The predicted molar refractivity (Wildman–Crippen MR) is 115 cm³/mol. The molecule has 5 heteroatoms. The second kappa shape index (κ2) is 8.86. The van der Waals surface area contributed by atoms with Crippen LogP contribution in [0.2, 0.25) is 0 Å². The molecule has 0 spiro atoms. The third kappa shape index (κ3) is 4.99. The number of carbonyl (C=O) groups excluding carboxylic acids is 3. The number of fused-ring (bicyclic) bond motifs is 1. The molecular formula is C24H26N2O3. The summed E-state index contributed by atoms with van der Waals surface area (Å²) in [7, 11) is 1.73. The molecule has 2 aromatic carbocycles. The third-order valence-corrected chi connectivity index (χ3v) is 5.16. The van der Waals surface area contributed by atoms with E-state index in [0.29, 0.717) is 17.9 Å². The summed E-state index contributed by atoms with van der Waals surface area (Å²) in [4.78, 5) is 37.7. The molecule has 3 rings (SSSR count). The fourth-order valence-electron chi connectivity index (χ4n) is 3.31. The molecule has 150 valence electrons. The zero-order chi connectivity index (χ0) is 21.0. The van der Waals surface area contributed by atoms with Crippen LogP contribution in [0.15, 0.2) is 48.5 Å². The van der Waals surface area contributed by atoms with Gasteiger partial charge in [-0.05, 0) is 46.9 Å². The Morgan fingerprint density at radius 1 is 1.14 bits per heavy atom. The van der Waals surface area contributed by atoms with Crippen molar-refractivity contribution in [3.8, 4) is 0 Å². The zero-order valence-corrected chi connectivity index (χ0v) is 17.1. The number of benzene rings is 2. The van der Waals surface area contributed by atoms with E-state index in [1.54, 1.807) is 36.2 Å². The Labute approximate surface area is 171 Å². The number of nitrogens with zero attached hydrogens (tertiary/aromatic N) is 1. The molecule has 2 amide bonds. The number of nitrogens with one attached hydrogen (secondary N) is 1. The first-order valence-corrected chi connectivity index (χ1v) is 9.83. The van der Waals surface area contributed by atoms with E-state index in [4.69, 9.17) is 0 Å². The van der Waals surface area contributed by atoms with Crippen LogP contribution in [0.3, 0.4) is 0 Å². The molecule has 1 heterocycles. The molecule has 0 unspecified atom stereocenters. The number of hydrogen-bond donors (Lipinski definition) is 1. The Bertz CT molecular complexity index is 959. The van der Waals surface area contributed by atoms with Gasteiger partial charge in [-0.25, -0.2) is 0 Å². The first-order chi connectivity index (χ1) is 13.8. The van der Waals surface area contributed by atoms with E-state index in [9.17, 15) is 14.4 Å². The lowest BCUT2D eigenvalue weighted by Crippen LogP contribution is -2.24. The smallest absolute Gasteiger partial charge is 0.244 e. The SMILES string of the molecule is CC(C)c1ccc(/C=C/C(=O)NCCC(=O)c2ccc3c(c2)CC(=O)N3C)cc1. The second-order valence-corrected chi connectivity index (χ2v) is 7.59. The predicted octanol–water partition coefficient (Wildman–Crippen LogP) is 3.73. The molecule has 0 saturated heterocycles. The average molecular weight is 390 g/mol. The lowest BCUT2D eigenvalue weighted by atomic mass is 10.0. The first-order valence-electron chi connectivity index (χ1n) is 9.83. The van der Waals surface area contributed by atoms with Gasteiger partial charge < -0.3 is 10.2 Å². The normalized spacial score (nSPS) is 13.2. The molecular weight excluding hydrogens is 364 g/mol. The van der Waals surface area contributed by atoms with Crippen molar-refractivity contribution < 1.29 is 14.4 Å². The highest BCUT2D eigenvalue weighted by Gasteiger charge is 2.24. The van der Waals surface area contributed by atoms with Crippen LogP contribution in [0.1, 0.15) is 53.2 Å². The van der Waals surface area contributed by atoms with Gasteiger partial charge in [-0.2, -0.15) is 0 Å². The van der Waals surface area contributed by atoms with Crippen LogP contribution in [-0.2, 0) is 16.0 Å². The molecule has 1 aliphatic rings. The minimum Gasteiger partial charge on any atom is -0.352 e. The van der Waals surface area contributed by atoms with Gasteiger partial charge in [-0.1, -0.05) is 38.1 Å². The van der Waals surface area contributed by atoms with E-state index in [1.807, 2.05) is 12.1 Å². The summed E-state index contributed by atoms with van der Waals surface area (Å²) in [6.07, 6.45) is 3.78. The van der Waals surface area contributed by atoms with Crippen LogP contribution in [0, 0.1) is 0 Å². The maximum Gasteiger partial charge on any atom is 0.244 e. The minimum absolute atomic E-state index is 0.0301. The Kier molecular flexibility index (Phi) is 6.27. The van der Waals surface area contributed by atoms with Gasteiger partial charge in [0.2, 0.25) is 11.8 Å². The summed E-state index contributed by atoms with van der Waals surface area (Å²) in [5.41, 5.74) is 4.51. The van der Waals surface area contributed by atoms with Gasteiger partial charge in [0.25, 0.3) is 0 Å². The largest absolute Gasteiger partial charge is 0.352 e. The van der Waals surface area contributed by atoms with Crippen molar-refractivity contribution in [3.05, 3.63) is 70.8 Å². The monoisotopic (exact) mass is 390 g/mol. The average Bonchev–Trinajstić information content (AvgIpc) is 2.99. The van der Waals surface area contributed by atoms with E-state index < -0.39 is 0 Å². The lowest BCUT2D eigenvalue weighted by Gasteiger charge is -2.10. The molecule has 0 radical (unpaired) electrons. The van der Waals surface area contributed by atoms with Crippen LogP contribution < -0.4 is 10.2 Å². The topological polar surface area (TPSA) is 66.5 Å². The van der Waals surface area contributed by atoms with Crippen LogP contribution in [0.25, 0.3) is 6.08 Å². The summed E-state index contributed by atoms with van der Waals surface area (Å²) in [5.74, 6) is 0.221. The number of amides is 2. The van der Waals surface area contributed by atoms with E-state index in [0.717, 1.165) is 16.8 Å². The minimum atomic E-state index is -0.230. The molecule has 1 N–H and O–H groups in total. The van der Waals surface area contributed by atoms with Crippen molar-refractivity contribution in [2.75, 3.05) is 18.5 Å². The van der Waals surface area contributed by atoms with Crippen molar-refractivity contribution in [1.29, 1.82) is 0 Å². The van der Waals surface area contributed by atoms with Gasteiger partial charge >= 0.3 is 0 Å². The number of rotatable bonds is 7. The second-order valence-electron chi connectivity index (χ2n) is 7.59. The van der Waals surface area contributed by atoms with Gasteiger partial charge in [0.15, 0.2) is 5.78 Å². The summed E-state index contributed by atoms with van der Waals surface area (Å²) in [5, 5.41) is 2.74. The highest BCUT2D eigenvalue weighted by Crippen LogP contribution is 2.28. The summed E-state index contributed by atoms with van der Waals surface area (Å²) in [6, 6.07) is 13.4. The zero-order valence-electron chi connectivity index (χ0n) is 17.1. The molecule has 1 aliphatic heterocycles. The summed E-state index contributed by atoms with van der Waals surface area (Å²) < 4.78 is 0. The number of ketones is 1. The molecule has 0 aromatic heterocycles. The van der Waals surface area contributed by atoms with E-state index in [2.05, 4.69) is 31.3 Å². The van der Waals surface area contributed by atoms with E-state index >= 15 is 0 Å². The Morgan fingerprint density at radius 3 is 2.55 bits per heavy atom. The molecule has 5 nitrogen and oxygen atoms in total. The number of hydrogen-bond acceptors (Lipinski definition) is 3. The molecule has 29 heavy (non-hydrogen) atoms. The van der Waals surface area contributed by atoms with Crippen LogP contribution in [-0.4, -0.2) is 31.2 Å². The number of likely N-dealkylation sites (N-methyl/N-ethyl adjacent to an activating group) is 1. The van der Waals surface area contributed by atoms with Gasteiger partial charge in [-0.15, -0.1) is 0 Å². The molecule has 0 atom stereocenters. The quantitative estimate of drug-likeness (QED) is 0.579. The summed E-state index contributed by atoms with van der Waals surface area (Å²) >= 11 is 0. The number of carbonyl (C=O) groups is 3. The van der Waals surface area contributed by atoms with E-state index in [-0.39, 0.29) is 30.6 Å². The third-order valence-electron chi connectivity index (χ3n) is 5.16. The Hall–Kier alpha value is -3.21. The van der Waals surface area contributed by atoms with Crippen molar-refractivity contribution in [1.82, 2.24) is 5.32 Å². The maximum absolute atomic E-state index is 12.4. The van der Waals surface area contributed by atoms with Crippen LogP contribution in [0.5, 0.6) is 0 Å². The molecule has 0 aliphatic carbocycles. The molecule has 0 saturated carbocycles. The molecule has 2 aromatic rings. The van der Waals surface area contributed by atoms with Crippen LogP contribution >= 0.6 is 0 Å². The van der Waals surface area contributed by atoms with Gasteiger partial charge in [0.05, 0.1) is 6.42 Å². The number of Topliss-reactive ketones (excluding diaryl/α,β-unsaturated/α-hetero) is 1. The highest BCUT2D eigenvalue weighted by molar-refractivity contribution is 6.03. The van der Waals surface area contributed by atoms with Crippen LogP contribution in [0.4, 0.5) is 5.69 Å². The Balaban J connectivity index is 1.48. The van der Waals surface area contributed by atoms with Crippen molar-refractivity contribution >= 4 is 29.4 Å². The van der Waals surface area contributed by atoms with Gasteiger partial charge in [0, 0.05) is 37.3 Å². The van der Waals surface area contributed by atoms with Gasteiger partial charge in [0.1, 0.15) is 0 Å². The Morgan fingerprint density at radius 2 is 1.86 bits per heavy atom. The molecule has 0 bridgehead atoms. The lowest BCUT2D eigenvalue weighted by molar-refractivity contribution is -0.117. The van der Waals surface area contributed by atoms with Crippen molar-refractivity contribution in [3.63, 3.8) is 0 Å². The highest BCUT2D eigenvalue weighted by atomic mass is 16.2. The van der Waals surface area contributed by atoms with E-state index in [1.165, 1.54) is 11.6 Å². The van der Waals surface area contributed by atoms with Crippen molar-refractivity contribution in [2.45, 2.75) is 32.6 Å². The fraction of sp³-hybridized carbons (Fsp3) is 0.292. The molecule has 0 fully saturated rings. The standard InChI is InChI=1S/C24H26N2O3/c1-16(2)18-7-4-17(5-8-18)6-11-23(28)25-13-12-22(27)19-9-10-21-20(14-19)15-24(29)26(21)3/h4-11,14,16H,12-13,15H2,1-3H3,(H,25,28)/b11-6+.